The van der Waals surface area contributed by atoms with Crippen molar-refractivity contribution in [2.75, 3.05) is 11.5 Å². The minimum Gasteiger partial charge on any atom is -0.299 e. The fourth-order valence-electron chi connectivity index (χ4n) is 0.586. The van der Waals surface area contributed by atoms with Gasteiger partial charge in [-0.25, -0.2) is 0 Å². The lowest BCUT2D eigenvalue weighted by molar-refractivity contribution is -0.121. The number of ketones is 1. The Balaban J connectivity index is 3.19. The van der Waals surface area contributed by atoms with Gasteiger partial charge >= 0.3 is 0 Å². The molecule has 3 heteroatoms. The first-order valence-electron chi connectivity index (χ1n) is 4.06. The van der Waals surface area contributed by atoms with Crippen LogP contribution in [0.4, 0.5) is 0 Å². The second kappa shape index (κ2) is 7.74. The molecule has 1 nitrogen and oxygen atoms in total. The smallest absolute Gasteiger partial charge is 0.136 e. The van der Waals surface area contributed by atoms with Gasteiger partial charge in [-0.2, -0.15) is 0 Å². The van der Waals surface area contributed by atoms with E-state index in [1.165, 1.54) is 0 Å². The van der Waals surface area contributed by atoms with Crippen LogP contribution in [0.3, 0.4) is 0 Å². The van der Waals surface area contributed by atoms with Crippen molar-refractivity contribution in [1.82, 2.24) is 0 Å². The summed E-state index contributed by atoms with van der Waals surface area (Å²) in [5.74, 6) is 2.44. The SMILES string of the molecule is C=CCSSCCC(=O)C(C)C. The maximum absolute atomic E-state index is 11.1. The van der Waals surface area contributed by atoms with Crippen LogP contribution in [0.1, 0.15) is 20.3 Å². The van der Waals surface area contributed by atoms with Crippen LogP contribution in [-0.2, 0) is 4.79 Å². The van der Waals surface area contributed by atoms with E-state index in [1.54, 1.807) is 21.6 Å². The molecular formula is C9H16OS2. The van der Waals surface area contributed by atoms with Gasteiger partial charge in [0.2, 0.25) is 0 Å². The molecule has 12 heavy (non-hydrogen) atoms. The number of carbonyl (C=O) groups is 1. The fraction of sp³-hybridized carbons (Fsp3) is 0.667. The zero-order valence-electron chi connectivity index (χ0n) is 7.71. The monoisotopic (exact) mass is 204 g/mol. The second-order valence-electron chi connectivity index (χ2n) is 2.77. The summed E-state index contributed by atoms with van der Waals surface area (Å²) in [7, 11) is 3.50. The van der Waals surface area contributed by atoms with Crippen molar-refractivity contribution in [1.29, 1.82) is 0 Å². The Bertz CT molecular complexity index is 143. The summed E-state index contributed by atoms with van der Waals surface area (Å²) in [6.07, 6.45) is 2.58. The summed E-state index contributed by atoms with van der Waals surface area (Å²) in [6, 6.07) is 0. The van der Waals surface area contributed by atoms with Crippen LogP contribution in [0.25, 0.3) is 0 Å². The van der Waals surface area contributed by atoms with E-state index < -0.39 is 0 Å². The highest BCUT2D eigenvalue weighted by Gasteiger charge is 2.05. The van der Waals surface area contributed by atoms with Crippen molar-refractivity contribution in [3.05, 3.63) is 12.7 Å². The molecule has 0 fully saturated rings. The lowest BCUT2D eigenvalue weighted by atomic mass is 10.1. The van der Waals surface area contributed by atoms with E-state index >= 15 is 0 Å². The van der Waals surface area contributed by atoms with Gasteiger partial charge in [0.15, 0.2) is 0 Å². The Morgan fingerprint density at radius 1 is 1.50 bits per heavy atom. The van der Waals surface area contributed by atoms with E-state index in [-0.39, 0.29) is 5.92 Å². The lowest BCUT2D eigenvalue weighted by Crippen LogP contribution is -2.07. The minimum absolute atomic E-state index is 0.190. The van der Waals surface area contributed by atoms with Gasteiger partial charge in [0.1, 0.15) is 5.78 Å². The molecule has 0 N–H and O–H groups in total. The third-order valence-corrected chi connectivity index (χ3v) is 3.66. The minimum atomic E-state index is 0.190. The molecule has 0 rings (SSSR count). The summed E-state index contributed by atoms with van der Waals surface area (Å²) in [5.41, 5.74) is 0. The zero-order valence-corrected chi connectivity index (χ0v) is 9.34. The van der Waals surface area contributed by atoms with Gasteiger partial charge in [-0.3, -0.25) is 4.79 Å². The van der Waals surface area contributed by atoms with Crippen LogP contribution in [0.2, 0.25) is 0 Å². The molecule has 0 amide bonds. The van der Waals surface area contributed by atoms with Crippen LogP contribution in [0.5, 0.6) is 0 Å². The Kier molecular flexibility index (Phi) is 7.81. The summed E-state index contributed by atoms with van der Waals surface area (Å²) < 4.78 is 0. The number of carbonyl (C=O) groups excluding carboxylic acids is 1. The number of hydrogen-bond donors (Lipinski definition) is 0. The summed E-state index contributed by atoms with van der Waals surface area (Å²) in [6.45, 7) is 7.52. The van der Waals surface area contributed by atoms with Crippen molar-refractivity contribution >= 4 is 27.4 Å². The van der Waals surface area contributed by atoms with Crippen LogP contribution in [0, 0.1) is 5.92 Å². The molecule has 0 unspecified atom stereocenters. The van der Waals surface area contributed by atoms with Gasteiger partial charge in [0, 0.05) is 23.8 Å². The maximum Gasteiger partial charge on any atom is 0.136 e. The number of rotatable bonds is 7. The van der Waals surface area contributed by atoms with E-state index in [9.17, 15) is 4.79 Å². The summed E-state index contributed by atoms with van der Waals surface area (Å²) >= 11 is 0. The first-order valence-corrected chi connectivity index (χ1v) is 6.55. The van der Waals surface area contributed by atoms with E-state index in [0.29, 0.717) is 12.2 Å². The highest BCUT2D eigenvalue weighted by molar-refractivity contribution is 8.76. The third kappa shape index (κ3) is 6.80. The molecule has 0 radical (unpaired) electrons. The highest BCUT2D eigenvalue weighted by atomic mass is 33.1. The third-order valence-electron chi connectivity index (χ3n) is 1.34. The Morgan fingerprint density at radius 3 is 2.67 bits per heavy atom. The fourth-order valence-corrected chi connectivity index (χ4v) is 2.36. The molecule has 0 aliphatic carbocycles. The lowest BCUT2D eigenvalue weighted by Gasteiger charge is -2.02. The number of Topliss-reactive ketones (excluding diaryl/α,β-unsaturated/α-hetero) is 1. The van der Waals surface area contributed by atoms with Crippen LogP contribution in [-0.4, -0.2) is 17.3 Å². The zero-order chi connectivity index (χ0) is 9.40. The molecule has 0 atom stereocenters. The molecule has 70 valence electrons. The van der Waals surface area contributed by atoms with Crippen molar-refractivity contribution in [2.45, 2.75) is 20.3 Å². The quantitative estimate of drug-likeness (QED) is 0.360. The van der Waals surface area contributed by atoms with Crippen LogP contribution < -0.4 is 0 Å². The Hall–Kier alpha value is 0.110. The molecule has 0 heterocycles. The molecule has 0 spiro atoms. The average Bonchev–Trinajstić information content (AvgIpc) is 2.03. The van der Waals surface area contributed by atoms with Crippen molar-refractivity contribution in [2.24, 2.45) is 5.92 Å². The molecule has 0 aliphatic rings. The summed E-state index contributed by atoms with van der Waals surface area (Å²) in [5, 5.41) is 0. The van der Waals surface area contributed by atoms with E-state index in [1.807, 2.05) is 19.9 Å². The standard InChI is InChI=1S/C9H16OS2/c1-4-6-11-12-7-5-9(10)8(2)3/h4,8H,1,5-7H2,2-3H3. The van der Waals surface area contributed by atoms with Crippen molar-refractivity contribution < 1.29 is 4.79 Å². The summed E-state index contributed by atoms with van der Waals surface area (Å²) in [4.78, 5) is 11.1. The highest BCUT2D eigenvalue weighted by Crippen LogP contribution is 2.22. The second-order valence-corrected chi connectivity index (χ2v) is 5.39. The topological polar surface area (TPSA) is 17.1 Å². The predicted octanol–water partition coefficient (Wildman–Crippen LogP) is 3.17. The molecule has 0 aliphatic heterocycles. The molecule has 0 saturated carbocycles. The average molecular weight is 204 g/mol. The van der Waals surface area contributed by atoms with Gasteiger partial charge in [0.05, 0.1) is 0 Å². The van der Waals surface area contributed by atoms with Crippen molar-refractivity contribution in [3.63, 3.8) is 0 Å². The first kappa shape index (κ1) is 12.1. The normalized spacial score (nSPS) is 10.2. The molecule has 0 bridgehead atoms. The van der Waals surface area contributed by atoms with Gasteiger partial charge in [-0.05, 0) is 0 Å². The molecular weight excluding hydrogens is 188 g/mol. The van der Waals surface area contributed by atoms with Gasteiger partial charge in [-0.1, -0.05) is 41.5 Å². The van der Waals surface area contributed by atoms with Crippen molar-refractivity contribution in [3.8, 4) is 0 Å². The number of hydrogen-bond acceptors (Lipinski definition) is 3. The van der Waals surface area contributed by atoms with E-state index in [4.69, 9.17) is 0 Å². The first-order chi connectivity index (χ1) is 5.68. The van der Waals surface area contributed by atoms with E-state index in [0.717, 1.165) is 11.5 Å². The largest absolute Gasteiger partial charge is 0.299 e. The van der Waals surface area contributed by atoms with E-state index in [2.05, 4.69) is 6.58 Å². The predicted molar refractivity (Wildman–Crippen MR) is 59.6 cm³/mol. The Labute approximate surface area is 82.8 Å². The molecule has 0 aromatic heterocycles. The van der Waals surface area contributed by atoms with Gasteiger partial charge in [0.25, 0.3) is 0 Å². The van der Waals surface area contributed by atoms with Gasteiger partial charge < -0.3 is 0 Å². The molecule has 0 aromatic carbocycles. The molecule has 0 saturated heterocycles. The van der Waals surface area contributed by atoms with Gasteiger partial charge in [-0.15, -0.1) is 6.58 Å². The Morgan fingerprint density at radius 2 is 2.17 bits per heavy atom. The van der Waals surface area contributed by atoms with Crippen LogP contribution >= 0.6 is 21.6 Å². The maximum atomic E-state index is 11.1. The molecule has 0 aromatic rings. The van der Waals surface area contributed by atoms with Crippen LogP contribution in [0.15, 0.2) is 12.7 Å².